The van der Waals surface area contributed by atoms with Gasteiger partial charge in [0.25, 0.3) is 0 Å². The highest BCUT2D eigenvalue weighted by Gasteiger charge is 2.15. The fourth-order valence-electron chi connectivity index (χ4n) is 2.24. The Kier molecular flexibility index (Phi) is 5.99. The molecule has 1 N–H and O–H groups in total. The summed E-state index contributed by atoms with van der Waals surface area (Å²) in [6.45, 7) is 8.80. The summed E-state index contributed by atoms with van der Waals surface area (Å²) in [7, 11) is 1.58. The minimum atomic E-state index is 0.200. The largest absolute Gasteiger partial charge is 0.504 e. The van der Waals surface area contributed by atoms with E-state index < -0.39 is 0 Å². The second-order valence-electron chi connectivity index (χ2n) is 4.64. The van der Waals surface area contributed by atoms with Crippen LogP contribution in [0.4, 0.5) is 0 Å². The van der Waals surface area contributed by atoms with E-state index >= 15 is 0 Å². The number of ether oxygens (including phenoxy) is 1. The van der Waals surface area contributed by atoms with Crippen molar-refractivity contribution in [2.75, 3.05) is 20.2 Å². The molecule has 0 aromatic heterocycles. The zero-order chi connectivity index (χ0) is 13.5. The molecule has 0 amide bonds. The molecule has 102 valence electrons. The smallest absolute Gasteiger partial charge is 0.160 e. The summed E-state index contributed by atoms with van der Waals surface area (Å²) >= 11 is 0. The lowest BCUT2D eigenvalue weighted by molar-refractivity contribution is 0.210. The standard InChI is InChI=1S/C15H25NO2/c1-5-9-16(10-6-2)12(3)13-7-8-14(17)15(11-13)18-4/h7-8,11-12,17H,5-6,9-10H2,1-4H3. The average Bonchev–Trinajstić information content (AvgIpc) is 2.38. The first kappa shape index (κ1) is 14.8. The number of rotatable bonds is 7. The van der Waals surface area contributed by atoms with E-state index in [0.29, 0.717) is 11.8 Å². The summed E-state index contributed by atoms with van der Waals surface area (Å²) in [5.41, 5.74) is 1.19. The van der Waals surface area contributed by atoms with Gasteiger partial charge in [0.2, 0.25) is 0 Å². The third-order valence-electron chi connectivity index (χ3n) is 3.26. The molecule has 0 saturated heterocycles. The Balaban J connectivity index is 2.89. The molecule has 0 aliphatic rings. The van der Waals surface area contributed by atoms with Crippen molar-refractivity contribution in [3.8, 4) is 11.5 Å². The molecule has 18 heavy (non-hydrogen) atoms. The third kappa shape index (κ3) is 3.64. The molecular formula is C15H25NO2. The molecule has 1 aromatic carbocycles. The van der Waals surface area contributed by atoms with E-state index in [1.54, 1.807) is 13.2 Å². The third-order valence-corrected chi connectivity index (χ3v) is 3.26. The predicted molar refractivity (Wildman–Crippen MR) is 75.2 cm³/mol. The summed E-state index contributed by atoms with van der Waals surface area (Å²) < 4.78 is 5.17. The second-order valence-corrected chi connectivity index (χ2v) is 4.64. The van der Waals surface area contributed by atoms with Gasteiger partial charge in [-0.05, 0) is 50.6 Å². The molecule has 0 aliphatic carbocycles. The lowest BCUT2D eigenvalue weighted by Gasteiger charge is -2.29. The van der Waals surface area contributed by atoms with Crippen molar-refractivity contribution in [3.05, 3.63) is 23.8 Å². The van der Waals surface area contributed by atoms with Crippen molar-refractivity contribution in [1.29, 1.82) is 0 Å². The maximum Gasteiger partial charge on any atom is 0.160 e. The van der Waals surface area contributed by atoms with Crippen molar-refractivity contribution in [1.82, 2.24) is 4.90 Å². The number of hydrogen-bond donors (Lipinski definition) is 1. The molecule has 1 atom stereocenters. The summed E-state index contributed by atoms with van der Waals surface area (Å²) in [4.78, 5) is 2.46. The van der Waals surface area contributed by atoms with Gasteiger partial charge in [-0.1, -0.05) is 19.9 Å². The Morgan fingerprint density at radius 1 is 1.22 bits per heavy atom. The molecule has 0 spiro atoms. The average molecular weight is 251 g/mol. The Morgan fingerprint density at radius 3 is 2.33 bits per heavy atom. The summed E-state index contributed by atoms with van der Waals surface area (Å²) in [6.07, 6.45) is 2.30. The molecule has 0 radical (unpaired) electrons. The van der Waals surface area contributed by atoms with E-state index in [9.17, 15) is 5.11 Å². The van der Waals surface area contributed by atoms with Crippen molar-refractivity contribution in [3.63, 3.8) is 0 Å². The molecule has 1 unspecified atom stereocenters. The number of aromatic hydroxyl groups is 1. The van der Waals surface area contributed by atoms with Gasteiger partial charge in [-0.25, -0.2) is 0 Å². The minimum absolute atomic E-state index is 0.200. The van der Waals surface area contributed by atoms with Crippen molar-refractivity contribution >= 4 is 0 Å². The van der Waals surface area contributed by atoms with Gasteiger partial charge in [0.1, 0.15) is 0 Å². The normalized spacial score (nSPS) is 12.7. The van der Waals surface area contributed by atoms with Gasteiger partial charge in [-0.2, -0.15) is 0 Å². The molecule has 0 fully saturated rings. The van der Waals surface area contributed by atoms with E-state index in [-0.39, 0.29) is 5.75 Å². The van der Waals surface area contributed by atoms with Crippen molar-refractivity contribution < 1.29 is 9.84 Å². The topological polar surface area (TPSA) is 32.7 Å². The van der Waals surface area contributed by atoms with Crippen molar-refractivity contribution in [2.24, 2.45) is 0 Å². The Labute approximate surface area is 110 Å². The van der Waals surface area contributed by atoms with E-state index in [4.69, 9.17) is 4.74 Å². The fraction of sp³-hybridized carbons (Fsp3) is 0.600. The van der Waals surface area contributed by atoms with Crippen LogP contribution in [0.1, 0.15) is 45.2 Å². The van der Waals surface area contributed by atoms with Gasteiger partial charge in [-0.15, -0.1) is 0 Å². The number of methoxy groups -OCH3 is 1. The Hall–Kier alpha value is -1.22. The highest BCUT2D eigenvalue weighted by Crippen LogP contribution is 2.31. The van der Waals surface area contributed by atoms with Crippen LogP contribution in [0, 0.1) is 0 Å². The maximum absolute atomic E-state index is 9.62. The first-order valence-electron chi connectivity index (χ1n) is 6.74. The SMILES string of the molecule is CCCN(CCC)C(C)c1ccc(O)c(OC)c1. The lowest BCUT2D eigenvalue weighted by Crippen LogP contribution is -2.28. The molecule has 0 bridgehead atoms. The van der Waals surface area contributed by atoms with Gasteiger partial charge < -0.3 is 9.84 Å². The summed E-state index contributed by atoms with van der Waals surface area (Å²) in [6, 6.07) is 5.96. The van der Waals surface area contributed by atoms with E-state index in [0.717, 1.165) is 25.9 Å². The number of phenols is 1. The quantitative estimate of drug-likeness (QED) is 0.804. The molecular weight excluding hydrogens is 226 g/mol. The molecule has 0 saturated carbocycles. The van der Waals surface area contributed by atoms with Gasteiger partial charge >= 0.3 is 0 Å². The first-order chi connectivity index (χ1) is 8.63. The van der Waals surface area contributed by atoms with Crippen LogP contribution in [0.2, 0.25) is 0 Å². The van der Waals surface area contributed by atoms with Gasteiger partial charge in [0, 0.05) is 6.04 Å². The van der Waals surface area contributed by atoms with Crippen LogP contribution >= 0.6 is 0 Å². The van der Waals surface area contributed by atoms with Crippen LogP contribution in [0.15, 0.2) is 18.2 Å². The lowest BCUT2D eigenvalue weighted by atomic mass is 10.1. The highest BCUT2D eigenvalue weighted by molar-refractivity contribution is 5.42. The summed E-state index contributed by atoms with van der Waals surface area (Å²) in [5, 5.41) is 9.62. The van der Waals surface area contributed by atoms with E-state index in [1.807, 2.05) is 12.1 Å². The predicted octanol–water partition coefficient (Wildman–Crippen LogP) is 3.58. The van der Waals surface area contributed by atoms with Gasteiger partial charge in [-0.3, -0.25) is 4.90 Å². The van der Waals surface area contributed by atoms with Crippen LogP contribution in [-0.2, 0) is 0 Å². The van der Waals surface area contributed by atoms with Gasteiger partial charge in [0.15, 0.2) is 11.5 Å². The fourth-order valence-corrected chi connectivity index (χ4v) is 2.24. The molecule has 1 rings (SSSR count). The number of phenolic OH excluding ortho intramolecular Hbond substituents is 1. The van der Waals surface area contributed by atoms with E-state index in [1.165, 1.54) is 5.56 Å². The zero-order valence-corrected chi connectivity index (χ0v) is 11.9. The van der Waals surface area contributed by atoms with Crippen LogP contribution < -0.4 is 4.74 Å². The van der Waals surface area contributed by atoms with Crippen LogP contribution in [0.25, 0.3) is 0 Å². The highest BCUT2D eigenvalue weighted by atomic mass is 16.5. The maximum atomic E-state index is 9.62. The van der Waals surface area contributed by atoms with Gasteiger partial charge in [0.05, 0.1) is 7.11 Å². The van der Waals surface area contributed by atoms with Crippen LogP contribution in [0.5, 0.6) is 11.5 Å². The van der Waals surface area contributed by atoms with Crippen LogP contribution in [0.3, 0.4) is 0 Å². The summed E-state index contributed by atoms with van der Waals surface area (Å²) in [5.74, 6) is 0.748. The first-order valence-corrected chi connectivity index (χ1v) is 6.74. The molecule has 3 nitrogen and oxygen atoms in total. The van der Waals surface area contributed by atoms with Crippen LogP contribution in [-0.4, -0.2) is 30.2 Å². The second kappa shape index (κ2) is 7.27. The molecule has 3 heteroatoms. The number of benzene rings is 1. The van der Waals surface area contributed by atoms with E-state index in [2.05, 4.69) is 25.7 Å². The Bertz CT molecular complexity index is 360. The molecule has 0 aliphatic heterocycles. The number of hydrogen-bond acceptors (Lipinski definition) is 3. The molecule has 0 heterocycles. The minimum Gasteiger partial charge on any atom is -0.504 e. The van der Waals surface area contributed by atoms with Crippen molar-refractivity contribution in [2.45, 2.75) is 39.7 Å². The molecule has 1 aromatic rings. The Morgan fingerprint density at radius 2 is 1.83 bits per heavy atom. The zero-order valence-electron chi connectivity index (χ0n) is 11.9. The monoisotopic (exact) mass is 251 g/mol. The number of nitrogens with zero attached hydrogens (tertiary/aromatic N) is 1.